The number of carbonyl (C=O) groups is 1. The Bertz CT molecular complexity index is 588. The summed E-state index contributed by atoms with van der Waals surface area (Å²) in [6.45, 7) is 4.03. The Hall–Kier alpha value is -1.39. The Kier molecular flexibility index (Phi) is 7.87. The van der Waals surface area contributed by atoms with Crippen LogP contribution < -0.4 is 0 Å². The maximum absolute atomic E-state index is 11.7. The van der Waals surface area contributed by atoms with Crippen molar-refractivity contribution in [1.82, 2.24) is 4.90 Å². The van der Waals surface area contributed by atoms with Crippen molar-refractivity contribution in [3.8, 4) is 0 Å². The minimum atomic E-state index is -0.656. The van der Waals surface area contributed by atoms with Gasteiger partial charge in [-0.25, -0.2) is 0 Å². The molecule has 1 amide bonds. The lowest BCUT2D eigenvalue weighted by Crippen LogP contribution is -2.23. The fraction of sp³-hybridized carbons (Fsp3) is 0.696. The third-order valence-corrected chi connectivity index (χ3v) is 6.01. The molecule has 4 heteroatoms. The van der Waals surface area contributed by atoms with Crippen LogP contribution in [0.3, 0.4) is 0 Å². The predicted octanol–water partition coefficient (Wildman–Crippen LogP) is 3.85. The van der Waals surface area contributed by atoms with Gasteiger partial charge in [-0.15, -0.1) is 0 Å². The third kappa shape index (κ3) is 6.32. The molecule has 1 saturated carbocycles. The molecular formula is C23H37NO3. The molecule has 0 bridgehead atoms. The fourth-order valence-electron chi connectivity index (χ4n) is 4.30. The van der Waals surface area contributed by atoms with Crippen molar-refractivity contribution in [2.45, 2.75) is 70.5 Å². The number of hydrogen-bond donors (Lipinski definition) is 2. The standard InChI is InChI=1S/C23H37NO3/c1-5-6-12-23(2,27)13-8-10-19-20-15-17(14-18(20)16-21(19)25)9-7-11-22(26)24(3)4/h7-10,14,18-21,25,27H,5-6,11-13,15-16H2,1-4H3/b9-7-,10-8+/t18-,19+,20-,21+,23-/m0/s1. The Morgan fingerprint density at radius 3 is 2.78 bits per heavy atom. The van der Waals surface area contributed by atoms with Crippen LogP contribution in [-0.2, 0) is 4.79 Å². The highest BCUT2D eigenvalue weighted by molar-refractivity contribution is 5.77. The molecule has 2 rings (SSSR count). The summed E-state index contributed by atoms with van der Waals surface area (Å²) in [6.07, 6.45) is 16.0. The zero-order valence-electron chi connectivity index (χ0n) is 17.4. The summed E-state index contributed by atoms with van der Waals surface area (Å²) in [5, 5.41) is 20.9. The zero-order valence-corrected chi connectivity index (χ0v) is 17.4. The number of hydrogen-bond acceptors (Lipinski definition) is 3. The Balaban J connectivity index is 1.89. The number of nitrogens with zero attached hydrogens (tertiary/aromatic N) is 1. The van der Waals surface area contributed by atoms with E-state index in [2.05, 4.69) is 31.2 Å². The third-order valence-electron chi connectivity index (χ3n) is 6.01. The van der Waals surface area contributed by atoms with E-state index in [1.807, 2.05) is 13.0 Å². The Labute approximate surface area is 164 Å². The zero-order chi connectivity index (χ0) is 20.0. The van der Waals surface area contributed by atoms with E-state index in [1.165, 1.54) is 5.57 Å². The van der Waals surface area contributed by atoms with Crippen molar-refractivity contribution in [3.05, 3.63) is 36.0 Å². The van der Waals surface area contributed by atoms with Crippen molar-refractivity contribution in [2.75, 3.05) is 14.1 Å². The number of aliphatic hydroxyl groups is 2. The normalized spacial score (nSPS) is 29.9. The van der Waals surface area contributed by atoms with E-state index in [0.29, 0.717) is 24.7 Å². The second-order valence-corrected chi connectivity index (χ2v) is 8.78. The average molecular weight is 376 g/mol. The molecule has 0 aromatic heterocycles. The van der Waals surface area contributed by atoms with Gasteiger partial charge in [0.15, 0.2) is 0 Å². The topological polar surface area (TPSA) is 60.8 Å². The van der Waals surface area contributed by atoms with Crippen molar-refractivity contribution in [2.24, 2.45) is 17.8 Å². The summed E-state index contributed by atoms with van der Waals surface area (Å²) in [7, 11) is 3.54. The van der Waals surface area contributed by atoms with Crippen molar-refractivity contribution < 1.29 is 15.0 Å². The minimum Gasteiger partial charge on any atom is -0.392 e. The average Bonchev–Trinajstić information content (AvgIpc) is 3.10. The van der Waals surface area contributed by atoms with Crippen molar-refractivity contribution >= 4 is 5.91 Å². The van der Waals surface area contributed by atoms with Crippen LogP contribution in [0, 0.1) is 17.8 Å². The quantitative estimate of drug-likeness (QED) is 0.602. The van der Waals surface area contributed by atoms with Crippen LogP contribution in [0.25, 0.3) is 0 Å². The molecule has 0 heterocycles. The number of aliphatic hydroxyl groups excluding tert-OH is 1. The molecule has 0 saturated heterocycles. The summed E-state index contributed by atoms with van der Waals surface area (Å²) in [5.41, 5.74) is 0.618. The molecule has 152 valence electrons. The second-order valence-electron chi connectivity index (χ2n) is 8.78. The molecule has 0 spiro atoms. The van der Waals surface area contributed by atoms with Gasteiger partial charge in [0.1, 0.15) is 0 Å². The molecule has 27 heavy (non-hydrogen) atoms. The fourth-order valence-corrected chi connectivity index (χ4v) is 4.30. The van der Waals surface area contributed by atoms with Crippen LogP contribution in [0.2, 0.25) is 0 Å². The van der Waals surface area contributed by atoms with Crippen LogP contribution in [-0.4, -0.2) is 46.8 Å². The van der Waals surface area contributed by atoms with Crippen LogP contribution in [0.15, 0.2) is 36.0 Å². The molecule has 0 aromatic rings. The maximum Gasteiger partial charge on any atom is 0.225 e. The van der Waals surface area contributed by atoms with Gasteiger partial charge in [0.2, 0.25) is 5.91 Å². The molecule has 1 fully saturated rings. The monoisotopic (exact) mass is 375 g/mol. The molecule has 0 radical (unpaired) electrons. The van der Waals surface area contributed by atoms with Crippen molar-refractivity contribution in [1.29, 1.82) is 0 Å². The lowest BCUT2D eigenvalue weighted by atomic mass is 9.88. The lowest BCUT2D eigenvalue weighted by molar-refractivity contribution is -0.127. The summed E-state index contributed by atoms with van der Waals surface area (Å²) in [6, 6.07) is 0. The van der Waals surface area contributed by atoms with Gasteiger partial charge in [-0.05, 0) is 44.4 Å². The van der Waals surface area contributed by atoms with Gasteiger partial charge < -0.3 is 15.1 Å². The molecule has 0 aliphatic heterocycles. The molecule has 2 aliphatic rings. The van der Waals surface area contributed by atoms with Crippen molar-refractivity contribution in [3.63, 3.8) is 0 Å². The van der Waals surface area contributed by atoms with Gasteiger partial charge >= 0.3 is 0 Å². The smallest absolute Gasteiger partial charge is 0.225 e. The van der Waals surface area contributed by atoms with E-state index >= 15 is 0 Å². The highest BCUT2D eigenvalue weighted by Crippen LogP contribution is 2.47. The molecule has 2 aliphatic carbocycles. The molecular weight excluding hydrogens is 338 g/mol. The van der Waals surface area contributed by atoms with E-state index in [0.717, 1.165) is 32.1 Å². The minimum absolute atomic E-state index is 0.108. The summed E-state index contributed by atoms with van der Waals surface area (Å²) >= 11 is 0. The first kappa shape index (κ1) is 21.9. The van der Waals surface area contributed by atoms with Crippen LogP contribution in [0.5, 0.6) is 0 Å². The summed E-state index contributed by atoms with van der Waals surface area (Å²) < 4.78 is 0. The SMILES string of the molecule is CCCC[C@](C)(O)C/C=C/[C@@H]1[C@H]2CC(/C=C\CC(=O)N(C)C)=C[C@H]2C[C@H]1O. The number of carbonyl (C=O) groups excluding carboxylic acids is 1. The highest BCUT2D eigenvalue weighted by Gasteiger charge is 2.42. The molecule has 4 nitrogen and oxygen atoms in total. The van der Waals surface area contributed by atoms with E-state index in [4.69, 9.17) is 0 Å². The van der Waals surface area contributed by atoms with Gasteiger partial charge in [0.05, 0.1) is 11.7 Å². The van der Waals surface area contributed by atoms with Crippen LogP contribution >= 0.6 is 0 Å². The van der Waals surface area contributed by atoms with E-state index < -0.39 is 5.60 Å². The van der Waals surface area contributed by atoms with Gasteiger partial charge in [-0.3, -0.25) is 4.79 Å². The number of unbranched alkanes of at least 4 members (excludes halogenated alkanes) is 1. The second kappa shape index (κ2) is 9.70. The first-order valence-electron chi connectivity index (χ1n) is 10.4. The lowest BCUT2D eigenvalue weighted by Gasteiger charge is -2.22. The number of amides is 1. The molecule has 2 N–H and O–H groups in total. The Morgan fingerprint density at radius 2 is 2.11 bits per heavy atom. The summed E-state index contributed by atoms with van der Waals surface area (Å²) in [4.78, 5) is 13.3. The Morgan fingerprint density at radius 1 is 1.37 bits per heavy atom. The van der Waals surface area contributed by atoms with Gasteiger partial charge in [-0.1, -0.05) is 55.7 Å². The van der Waals surface area contributed by atoms with E-state index in [-0.39, 0.29) is 17.9 Å². The van der Waals surface area contributed by atoms with Crippen LogP contribution in [0.4, 0.5) is 0 Å². The predicted molar refractivity (Wildman–Crippen MR) is 110 cm³/mol. The first-order chi connectivity index (χ1) is 12.7. The largest absolute Gasteiger partial charge is 0.392 e. The molecule has 5 atom stereocenters. The van der Waals surface area contributed by atoms with Gasteiger partial charge in [0.25, 0.3) is 0 Å². The number of fused-ring (bicyclic) bond motifs is 1. The van der Waals surface area contributed by atoms with Gasteiger partial charge in [0, 0.05) is 26.4 Å². The summed E-state index contributed by atoms with van der Waals surface area (Å²) in [5.74, 6) is 1.11. The molecule has 0 unspecified atom stereocenters. The first-order valence-corrected chi connectivity index (χ1v) is 10.4. The van der Waals surface area contributed by atoms with Gasteiger partial charge in [-0.2, -0.15) is 0 Å². The number of rotatable bonds is 9. The van der Waals surface area contributed by atoms with E-state index in [1.54, 1.807) is 19.0 Å². The highest BCUT2D eigenvalue weighted by atomic mass is 16.3. The maximum atomic E-state index is 11.7. The number of allylic oxidation sites excluding steroid dienone is 3. The molecule has 0 aromatic carbocycles. The van der Waals surface area contributed by atoms with E-state index in [9.17, 15) is 15.0 Å². The van der Waals surface area contributed by atoms with Crippen LogP contribution in [0.1, 0.15) is 58.8 Å².